The molecule has 1 unspecified atom stereocenters. The van der Waals surface area contributed by atoms with Crippen LogP contribution in [0.1, 0.15) is 33.9 Å². The van der Waals surface area contributed by atoms with Gasteiger partial charge in [-0.3, -0.25) is 0 Å². The highest BCUT2D eigenvalue weighted by atomic mass is 35.5. The predicted molar refractivity (Wildman–Crippen MR) is 83.0 cm³/mol. The molecule has 2 aromatic rings. The fourth-order valence-electron chi connectivity index (χ4n) is 2.52. The van der Waals surface area contributed by atoms with Gasteiger partial charge in [0.1, 0.15) is 5.82 Å². The highest BCUT2D eigenvalue weighted by Crippen LogP contribution is 2.32. The first-order chi connectivity index (χ1) is 9.45. The maximum Gasteiger partial charge on any atom is 0.142 e. The summed E-state index contributed by atoms with van der Waals surface area (Å²) < 4.78 is 13.7. The van der Waals surface area contributed by atoms with Crippen LogP contribution >= 0.6 is 11.6 Å². The van der Waals surface area contributed by atoms with Gasteiger partial charge in [0.2, 0.25) is 0 Å². The molecule has 0 aliphatic rings. The van der Waals surface area contributed by atoms with Crippen LogP contribution in [0.4, 0.5) is 4.39 Å². The lowest BCUT2D eigenvalue weighted by Gasteiger charge is -2.22. The number of hydrogen-bond donors (Lipinski definition) is 1. The molecule has 106 valence electrons. The van der Waals surface area contributed by atoms with Crippen molar-refractivity contribution in [3.05, 3.63) is 69.0 Å². The first-order valence-electron chi connectivity index (χ1n) is 6.64. The Morgan fingerprint density at radius 3 is 2.30 bits per heavy atom. The average molecular weight is 292 g/mol. The van der Waals surface area contributed by atoms with E-state index in [9.17, 15) is 4.39 Å². The Kier molecular flexibility index (Phi) is 4.46. The summed E-state index contributed by atoms with van der Waals surface area (Å²) in [6, 6.07) is 9.12. The minimum Gasteiger partial charge on any atom is -0.309 e. The third kappa shape index (κ3) is 2.72. The van der Waals surface area contributed by atoms with Crippen molar-refractivity contribution < 1.29 is 4.39 Å². The summed E-state index contributed by atoms with van der Waals surface area (Å²) in [4.78, 5) is 0. The fraction of sp³-hybridized carbons (Fsp3) is 0.294. The largest absolute Gasteiger partial charge is 0.309 e. The van der Waals surface area contributed by atoms with E-state index in [2.05, 4.69) is 38.2 Å². The SMILES string of the molecule is CNC(c1cc(C)c(C)cc1C)c1cccc(F)c1Cl. The molecule has 0 aliphatic heterocycles. The Morgan fingerprint density at radius 2 is 1.65 bits per heavy atom. The second kappa shape index (κ2) is 5.94. The van der Waals surface area contributed by atoms with Crippen molar-refractivity contribution in [2.24, 2.45) is 0 Å². The predicted octanol–water partition coefficient (Wildman–Crippen LogP) is 4.71. The Hall–Kier alpha value is -1.38. The van der Waals surface area contributed by atoms with Crippen LogP contribution in [-0.2, 0) is 0 Å². The van der Waals surface area contributed by atoms with Crippen molar-refractivity contribution in [1.82, 2.24) is 5.32 Å². The van der Waals surface area contributed by atoms with E-state index in [1.165, 1.54) is 22.8 Å². The molecule has 1 N–H and O–H groups in total. The molecule has 0 spiro atoms. The molecule has 0 bridgehead atoms. The standard InChI is InChI=1S/C17H19ClFN/c1-10-8-12(3)14(9-11(10)2)17(20-4)13-6-5-7-15(19)16(13)18/h5-9,17,20H,1-4H3. The molecule has 0 radical (unpaired) electrons. The molecule has 0 aromatic heterocycles. The summed E-state index contributed by atoms with van der Waals surface area (Å²) in [5, 5.41) is 3.42. The van der Waals surface area contributed by atoms with Crippen LogP contribution < -0.4 is 5.32 Å². The van der Waals surface area contributed by atoms with Crippen molar-refractivity contribution in [2.75, 3.05) is 7.05 Å². The lowest BCUT2D eigenvalue weighted by Crippen LogP contribution is -2.19. The zero-order chi connectivity index (χ0) is 14.9. The molecule has 2 aromatic carbocycles. The van der Waals surface area contributed by atoms with E-state index in [1.54, 1.807) is 6.07 Å². The molecule has 0 aliphatic carbocycles. The van der Waals surface area contributed by atoms with Gasteiger partial charge in [-0.2, -0.15) is 0 Å². The van der Waals surface area contributed by atoms with E-state index in [4.69, 9.17) is 11.6 Å². The van der Waals surface area contributed by atoms with E-state index < -0.39 is 0 Å². The van der Waals surface area contributed by atoms with Gasteiger partial charge in [-0.25, -0.2) is 4.39 Å². The lowest BCUT2D eigenvalue weighted by molar-refractivity contribution is 0.616. The number of rotatable bonds is 3. The molecular weight excluding hydrogens is 273 g/mol. The minimum atomic E-state index is -0.383. The van der Waals surface area contributed by atoms with Crippen LogP contribution in [0.3, 0.4) is 0 Å². The summed E-state index contributed by atoms with van der Waals surface area (Å²) in [6.45, 7) is 6.24. The Morgan fingerprint density at radius 1 is 1.00 bits per heavy atom. The summed E-state index contributed by atoms with van der Waals surface area (Å²) >= 11 is 6.13. The summed E-state index contributed by atoms with van der Waals surface area (Å²) in [5.41, 5.74) is 5.54. The quantitative estimate of drug-likeness (QED) is 0.863. The summed E-state index contributed by atoms with van der Waals surface area (Å²) in [7, 11) is 1.86. The molecule has 0 saturated carbocycles. The monoisotopic (exact) mass is 291 g/mol. The Balaban J connectivity index is 2.58. The summed E-state index contributed by atoms with van der Waals surface area (Å²) in [5.74, 6) is -0.383. The van der Waals surface area contributed by atoms with Crippen LogP contribution in [-0.4, -0.2) is 7.05 Å². The van der Waals surface area contributed by atoms with Gasteiger partial charge < -0.3 is 5.32 Å². The first kappa shape index (κ1) is 15.0. The van der Waals surface area contributed by atoms with Crippen molar-refractivity contribution in [2.45, 2.75) is 26.8 Å². The van der Waals surface area contributed by atoms with Crippen LogP contribution in [0, 0.1) is 26.6 Å². The molecule has 0 fully saturated rings. The average Bonchev–Trinajstić information content (AvgIpc) is 2.41. The zero-order valence-corrected chi connectivity index (χ0v) is 13.0. The van der Waals surface area contributed by atoms with Crippen molar-refractivity contribution in [3.63, 3.8) is 0 Å². The van der Waals surface area contributed by atoms with Crippen LogP contribution in [0.25, 0.3) is 0 Å². The van der Waals surface area contributed by atoms with Crippen molar-refractivity contribution >= 4 is 11.6 Å². The first-order valence-corrected chi connectivity index (χ1v) is 7.02. The Labute approximate surface area is 124 Å². The molecule has 3 heteroatoms. The van der Waals surface area contributed by atoms with E-state index in [0.717, 1.165) is 11.1 Å². The fourth-order valence-corrected chi connectivity index (χ4v) is 2.75. The maximum absolute atomic E-state index is 13.7. The van der Waals surface area contributed by atoms with Gasteiger partial charge >= 0.3 is 0 Å². The van der Waals surface area contributed by atoms with Gasteiger partial charge in [-0.1, -0.05) is 35.9 Å². The number of halogens is 2. The minimum absolute atomic E-state index is 0.113. The maximum atomic E-state index is 13.7. The van der Waals surface area contributed by atoms with E-state index in [-0.39, 0.29) is 16.9 Å². The van der Waals surface area contributed by atoms with Gasteiger partial charge in [-0.15, -0.1) is 0 Å². The molecule has 0 heterocycles. The molecular formula is C17H19ClFN. The molecule has 20 heavy (non-hydrogen) atoms. The third-order valence-corrected chi connectivity index (χ3v) is 4.17. The van der Waals surface area contributed by atoms with Crippen molar-refractivity contribution in [3.8, 4) is 0 Å². The van der Waals surface area contributed by atoms with Gasteiger partial charge in [0.15, 0.2) is 0 Å². The Bertz CT molecular complexity index is 637. The van der Waals surface area contributed by atoms with Crippen LogP contribution in [0.2, 0.25) is 5.02 Å². The van der Waals surface area contributed by atoms with Crippen LogP contribution in [0.15, 0.2) is 30.3 Å². The zero-order valence-electron chi connectivity index (χ0n) is 12.2. The molecule has 0 saturated heterocycles. The molecule has 1 nitrogen and oxygen atoms in total. The lowest BCUT2D eigenvalue weighted by atomic mass is 9.91. The van der Waals surface area contributed by atoms with E-state index in [0.29, 0.717) is 0 Å². The summed E-state index contributed by atoms with van der Waals surface area (Å²) in [6.07, 6.45) is 0. The number of aryl methyl sites for hydroxylation is 3. The highest BCUT2D eigenvalue weighted by Gasteiger charge is 2.19. The molecule has 2 rings (SSSR count). The van der Waals surface area contributed by atoms with Gasteiger partial charge in [0.25, 0.3) is 0 Å². The van der Waals surface area contributed by atoms with Crippen LogP contribution in [0.5, 0.6) is 0 Å². The number of hydrogen-bond acceptors (Lipinski definition) is 1. The molecule has 1 atom stereocenters. The van der Waals surface area contributed by atoms with Gasteiger partial charge in [-0.05, 0) is 61.7 Å². The second-order valence-corrected chi connectivity index (χ2v) is 5.54. The normalized spacial score (nSPS) is 12.5. The van der Waals surface area contributed by atoms with E-state index in [1.807, 2.05) is 13.1 Å². The highest BCUT2D eigenvalue weighted by molar-refractivity contribution is 6.31. The topological polar surface area (TPSA) is 12.0 Å². The second-order valence-electron chi connectivity index (χ2n) is 5.16. The van der Waals surface area contributed by atoms with E-state index >= 15 is 0 Å². The van der Waals surface area contributed by atoms with Gasteiger partial charge in [0, 0.05) is 0 Å². The van der Waals surface area contributed by atoms with Gasteiger partial charge in [0.05, 0.1) is 11.1 Å². The molecule has 0 amide bonds. The smallest absolute Gasteiger partial charge is 0.142 e. The number of benzene rings is 2. The number of nitrogens with one attached hydrogen (secondary N) is 1. The third-order valence-electron chi connectivity index (χ3n) is 3.77. The van der Waals surface area contributed by atoms with Crippen molar-refractivity contribution in [1.29, 1.82) is 0 Å².